The van der Waals surface area contributed by atoms with Crippen LogP contribution in [0.4, 0.5) is 10.5 Å². The Morgan fingerprint density at radius 1 is 1.43 bits per heavy atom. The summed E-state index contributed by atoms with van der Waals surface area (Å²) in [6.45, 7) is 3.62. The lowest BCUT2D eigenvalue weighted by Crippen LogP contribution is -2.43. The van der Waals surface area contributed by atoms with Crippen LogP contribution in [0.25, 0.3) is 0 Å². The smallest absolute Gasteiger partial charge is 0.322 e. The molecule has 2 heterocycles. The molecule has 110 valence electrons. The maximum atomic E-state index is 12.4. The van der Waals surface area contributed by atoms with Gasteiger partial charge in [-0.3, -0.25) is 4.90 Å². The molecule has 1 aliphatic heterocycles. The minimum absolute atomic E-state index is 0.00178. The number of nitrogens with one attached hydrogen (secondary N) is 1. The molecular formula is C16H20N4O. The van der Waals surface area contributed by atoms with Crippen molar-refractivity contribution in [3.63, 3.8) is 0 Å². The van der Waals surface area contributed by atoms with E-state index < -0.39 is 0 Å². The number of para-hydroxylation sites is 1. The van der Waals surface area contributed by atoms with Crippen molar-refractivity contribution in [2.75, 3.05) is 11.4 Å². The Kier molecular flexibility index (Phi) is 3.90. The van der Waals surface area contributed by atoms with Crippen LogP contribution < -0.4 is 10.2 Å². The fraction of sp³-hybridized carbons (Fsp3) is 0.375. The van der Waals surface area contributed by atoms with Gasteiger partial charge in [-0.15, -0.1) is 0 Å². The van der Waals surface area contributed by atoms with E-state index in [0.717, 1.165) is 25.1 Å². The molecular weight excluding hydrogens is 264 g/mol. The van der Waals surface area contributed by atoms with Crippen molar-refractivity contribution in [2.45, 2.75) is 32.4 Å². The van der Waals surface area contributed by atoms with E-state index in [4.69, 9.17) is 0 Å². The van der Waals surface area contributed by atoms with Crippen molar-refractivity contribution in [1.29, 1.82) is 0 Å². The number of aromatic nitrogens is 2. The molecule has 0 unspecified atom stereocenters. The van der Waals surface area contributed by atoms with E-state index in [1.165, 1.54) is 5.56 Å². The first-order valence-corrected chi connectivity index (χ1v) is 7.36. The molecule has 1 atom stereocenters. The molecule has 1 aliphatic rings. The fourth-order valence-electron chi connectivity index (χ4n) is 2.84. The number of hydrogen-bond donors (Lipinski definition) is 1. The number of carbonyl (C=O) groups is 1. The van der Waals surface area contributed by atoms with Gasteiger partial charge in [0.15, 0.2) is 0 Å². The highest BCUT2D eigenvalue weighted by atomic mass is 16.2. The van der Waals surface area contributed by atoms with E-state index in [2.05, 4.69) is 23.3 Å². The molecule has 0 saturated carbocycles. The largest absolute Gasteiger partial charge is 0.338 e. The van der Waals surface area contributed by atoms with Crippen LogP contribution >= 0.6 is 0 Å². The van der Waals surface area contributed by atoms with Crippen molar-refractivity contribution in [2.24, 2.45) is 0 Å². The third-order valence-electron chi connectivity index (χ3n) is 3.85. The molecule has 21 heavy (non-hydrogen) atoms. The summed E-state index contributed by atoms with van der Waals surface area (Å²) < 4.78 is 2.01. The Morgan fingerprint density at radius 3 is 3.10 bits per heavy atom. The summed E-state index contributed by atoms with van der Waals surface area (Å²) in [6, 6.07) is 8.34. The average Bonchev–Trinajstić information content (AvgIpc) is 3.09. The number of amides is 2. The Morgan fingerprint density at radius 2 is 2.29 bits per heavy atom. The van der Waals surface area contributed by atoms with Gasteiger partial charge in [-0.2, -0.15) is 0 Å². The average molecular weight is 284 g/mol. The van der Waals surface area contributed by atoms with Crippen LogP contribution in [-0.4, -0.2) is 28.2 Å². The van der Waals surface area contributed by atoms with Gasteiger partial charge in [0.05, 0.1) is 6.33 Å². The van der Waals surface area contributed by atoms with Crippen LogP contribution in [0, 0.1) is 0 Å². The minimum atomic E-state index is -0.00178. The van der Waals surface area contributed by atoms with Crippen molar-refractivity contribution < 1.29 is 4.79 Å². The molecule has 1 aromatic carbocycles. The highest BCUT2D eigenvalue weighted by Crippen LogP contribution is 2.31. The number of hydrogen-bond acceptors (Lipinski definition) is 2. The van der Waals surface area contributed by atoms with Gasteiger partial charge in [0.25, 0.3) is 0 Å². The second-order valence-electron chi connectivity index (χ2n) is 5.44. The van der Waals surface area contributed by atoms with E-state index >= 15 is 0 Å². The minimum Gasteiger partial charge on any atom is -0.338 e. The molecule has 0 fully saturated rings. The van der Waals surface area contributed by atoms with Gasteiger partial charge in [0.2, 0.25) is 0 Å². The topological polar surface area (TPSA) is 50.2 Å². The predicted molar refractivity (Wildman–Crippen MR) is 82.3 cm³/mol. The lowest BCUT2D eigenvalue weighted by molar-refractivity contribution is 0.244. The van der Waals surface area contributed by atoms with Gasteiger partial charge in [-0.1, -0.05) is 18.2 Å². The Labute approximate surface area is 124 Å². The second kappa shape index (κ2) is 5.99. The zero-order valence-electron chi connectivity index (χ0n) is 12.2. The monoisotopic (exact) mass is 284 g/mol. The number of imidazole rings is 1. The van der Waals surface area contributed by atoms with Crippen LogP contribution in [0.2, 0.25) is 0 Å². The molecule has 2 aromatic rings. The summed E-state index contributed by atoms with van der Waals surface area (Å²) >= 11 is 0. The number of fused-ring (bicyclic) bond motifs is 1. The van der Waals surface area contributed by atoms with Crippen LogP contribution in [0.15, 0.2) is 43.0 Å². The summed E-state index contributed by atoms with van der Waals surface area (Å²) in [6.07, 6.45) is 7.31. The van der Waals surface area contributed by atoms with Crippen molar-refractivity contribution >= 4 is 11.7 Å². The zero-order chi connectivity index (χ0) is 14.7. The molecule has 5 heteroatoms. The maximum Gasteiger partial charge on any atom is 0.322 e. The normalized spacial score (nSPS) is 16.8. The fourth-order valence-corrected chi connectivity index (χ4v) is 2.84. The number of anilines is 1. The number of nitrogens with zero attached hydrogens (tertiary/aromatic N) is 3. The molecule has 3 rings (SSSR count). The van der Waals surface area contributed by atoms with Gasteiger partial charge >= 0.3 is 6.03 Å². The van der Waals surface area contributed by atoms with E-state index in [1.54, 1.807) is 12.5 Å². The number of aryl methyl sites for hydroxylation is 1. The van der Waals surface area contributed by atoms with E-state index in [0.29, 0.717) is 6.54 Å². The quantitative estimate of drug-likeness (QED) is 0.877. The third-order valence-corrected chi connectivity index (χ3v) is 3.85. The molecule has 2 amide bonds. The van der Waals surface area contributed by atoms with E-state index in [-0.39, 0.29) is 12.1 Å². The zero-order valence-corrected chi connectivity index (χ0v) is 12.2. The highest BCUT2D eigenvalue weighted by molar-refractivity contribution is 5.94. The summed E-state index contributed by atoms with van der Waals surface area (Å²) in [5.74, 6) is 0. The number of carbonyl (C=O) groups excluding carboxylic acids is 1. The highest BCUT2D eigenvalue weighted by Gasteiger charge is 2.30. The molecule has 5 nitrogen and oxygen atoms in total. The molecule has 0 bridgehead atoms. The summed E-state index contributed by atoms with van der Waals surface area (Å²) in [4.78, 5) is 18.2. The molecule has 1 aromatic heterocycles. The van der Waals surface area contributed by atoms with Gasteiger partial charge in [-0.25, -0.2) is 9.78 Å². The van der Waals surface area contributed by atoms with Crippen molar-refractivity contribution in [3.8, 4) is 0 Å². The van der Waals surface area contributed by atoms with Gasteiger partial charge in [0, 0.05) is 37.2 Å². The first-order valence-electron chi connectivity index (χ1n) is 7.36. The van der Waals surface area contributed by atoms with Crippen LogP contribution in [0.5, 0.6) is 0 Å². The summed E-state index contributed by atoms with van der Waals surface area (Å²) in [5.41, 5.74) is 2.29. The molecule has 0 spiro atoms. The predicted octanol–water partition coefficient (Wildman–Crippen LogP) is 2.43. The molecule has 0 aliphatic carbocycles. The van der Waals surface area contributed by atoms with Crippen LogP contribution in [0.1, 0.15) is 18.9 Å². The Balaban J connectivity index is 1.53. The first kappa shape index (κ1) is 13.7. The van der Waals surface area contributed by atoms with Crippen molar-refractivity contribution in [3.05, 3.63) is 48.5 Å². The first-order chi connectivity index (χ1) is 10.3. The second-order valence-corrected chi connectivity index (χ2v) is 5.44. The maximum absolute atomic E-state index is 12.4. The summed E-state index contributed by atoms with van der Waals surface area (Å²) in [7, 11) is 0. The Bertz CT molecular complexity index is 608. The van der Waals surface area contributed by atoms with Crippen LogP contribution in [0.3, 0.4) is 0 Å². The third kappa shape index (κ3) is 2.91. The SMILES string of the molecule is C[C@@H]1Cc2ccccc2N1C(=O)NCCCn1ccnc1. The van der Waals surface area contributed by atoms with Gasteiger partial charge in [-0.05, 0) is 31.4 Å². The van der Waals surface area contributed by atoms with E-state index in [1.807, 2.05) is 33.9 Å². The van der Waals surface area contributed by atoms with Crippen LogP contribution in [-0.2, 0) is 13.0 Å². The number of benzene rings is 1. The molecule has 1 N–H and O–H groups in total. The van der Waals surface area contributed by atoms with Gasteiger partial charge < -0.3 is 9.88 Å². The number of urea groups is 1. The van der Waals surface area contributed by atoms with Gasteiger partial charge in [0.1, 0.15) is 0 Å². The molecule has 0 radical (unpaired) electrons. The standard InChI is InChI=1S/C16H20N4O/c1-13-11-14-5-2-3-6-15(14)20(13)16(21)18-7-4-9-19-10-8-17-12-19/h2-3,5-6,8,10,12-13H,4,7,9,11H2,1H3,(H,18,21)/t13-/m1/s1. The van der Waals surface area contributed by atoms with Crippen molar-refractivity contribution in [1.82, 2.24) is 14.9 Å². The summed E-state index contributed by atoms with van der Waals surface area (Å²) in [5, 5.41) is 3.01. The number of rotatable bonds is 4. The van der Waals surface area contributed by atoms with E-state index in [9.17, 15) is 4.79 Å². The lowest BCUT2D eigenvalue weighted by Gasteiger charge is -2.23. The lowest BCUT2D eigenvalue weighted by atomic mass is 10.1. The Hall–Kier alpha value is -2.30. The molecule has 0 saturated heterocycles.